The molecule has 1 aliphatic heterocycles. The lowest BCUT2D eigenvalue weighted by atomic mass is 10.1. The van der Waals surface area contributed by atoms with Crippen LogP contribution in [0.3, 0.4) is 0 Å². The Bertz CT molecular complexity index is 865. The van der Waals surface area contributed by atoms with Crippen molar-refractivity contribution in [2.75, 3.05) is 22.7 Å². The Hall–Kier alpha value is -2.34. The Labute approximate surface area is 161 Å². The molecule has 0 unspecified atom stereocenters. The predicted molar refractivity (Wildman–Crippen MR) is 109 cm³/mol. The summed E-state index contributed by atoms with van der Waals surface area (Å²) >= 11 is 0. The van der Waals surface area contributed by atoms with Crippen LogP contribution in [0, 0.1) is 0 Å². The van der Waals surface area contributed by atoms with Gasteiger partial charge in [-0.15, -0.1) is 0 Å². The van der Waals surface area contributed by atoms with Gasteiger partial charge in [0.05, 0.1) is 4.90 Å². The average molecular weight is 387 g/mol. The van der Waals surface area contributed by atoms with Gasteiger partial charge in [0.2, 0.25) is 0 Å². The largest absolute Gasteiger partial charge is 0.371 e. The van der Waals surface area contributed by atoms with Crippen LogP contribution in [0.25, 0.3) is 0 Å². The number of carbonyl (C=O) groups excluding carboxylic acids is 1. The van der Waals surface area contributed by atoms with Gasteiger partial charge in [-0.1, -0.05) is 25.5 Å². The van der Waals surface area contributed by atoms with Crippen molar-refractivity contribution in [1.82, 2.24) is 0 Å². The number of anilines is 2. The van der Waals surface area contributed by atoms with E-state index >= 15 is 0 Å². The molecule has 0 radical (unpaired) electrons. The molecule has 1 saturated heterocycles. The number of nitrogens with one attached hydrogen (secondary N) is 1. The summed E-state index contributed by atoms with van der Waals surface area (Å²) in [6, 6.07) is 14.4. The first-order valence-corrected chi connectivity index (χ1v) is 10.9. The van der Waals surface area contributed by atoms with E-state index in [1.807, 2.05) is 24.3 Å². The number of piperidine rings is 1. The third-order valence-corrected chi connectivity index (χ3v) is 6.26. The molecule has 2 aromatic carbocycles. The van der Waals surface area contributed by atoms with Crippen LogP contribution in [0.4, 0.5) is 11.4 Å². The molecule has 5 nitrogen and oxygen atoms in total. The summed E-state index contributed by atoms with van der Waals surface area (Å²) in [6.07, 6.45) is 4.33. The molecule has 1 fully saturated rings. The van der Waals surface area contributed by atoms with Crippen LogP contribution in [0.5, 0.6) is 0 Å². The maximum Gasteiger partial charge on any atom is 0.261 e. The molecule has 1 heterocycles. The average Bonchev–Trinajstić information content (AvgIpc) is 2.68. The van der Waals surface area contributed by atoms with Crippen molar-refractivity contribution in [1.29, 1.82) is 0 Å². The molecule has 0 saturated carbocycles. The monoisotopic (exact) mass is 386 g/mol. The Morgan fingerprint density at radius 2 is 1.59 bits per heavy atom. The number of nitrogens with zero attached hydrogens (tertiary/aromatic N) is 1. The number of aryl methyl sites for hydroxylation is 1. The van der Waals surface area contributed by atoms with E-state index in [1.165, 1.54) is 0 Å². The maximum atomic E-state index is 12.6. The topological polar surface area (TPSA) is 66.5 Å². The molecule has 2 aromatic rings. The smallest absolute Gasteiger partial charge is 0.261 e. The first-order valence-electron chi connectivity index (χ1n) is 9.46. The number of benzene rings is 2. The van der Waals surface area contributed by atoms with Crippen LogP contribution in [0.1, 0.15) is 38.2 Å². The fraction of sp³-hybridized carbons (Fsp3) is 0.381. The van der Waals surface area contributed by atoms with Crippen molar-refractivity contribution in [3.8, 4) is 0 Å². The molecule has 0 aliphatic carbocycles. The van der Waals surface area contributed by atoms with E-state index < -0.39 is 10.0 Å². The predicted octanol–water partition coefficient (Wildman–Crippen LogP) is 4.00. The van der Waals surface area contributed by atoms with Gasteiger partial charge in [0.25, 0.3) is 10.0 Å². The van der Waals surface area contributed by atoms with E-state index in [-0.39, 0.29) is 4.90 Å². The first kappa shape index (κ1) is 19.4. The zero-order chi connectivity index (χ0) is 19.3. The number of sulfonamides is 1. The van der Waals surface area contributed by atoms with E-state index in [4.69, 9.17) is 0 Å². The number of Topliss-reactive ketones (excluding diaryl/α,β-unsaturated/α-hetero) is 1. The molecule has 0 atom stereocenters. The second-order valence-corrected chi connectivity index (χ2v) is 8.61. The third kappa shape index (κ3) is 5.10. The number of rotatable bonds is 7. The summed E-state index contributed by atoms with van der Waals surface area (Å²) in [5, 5.41) is 0. The van der Waals surface area contributed by atoms with Crippen molar-refractivity contribution in [2.45, 2.75) is 43.9 Å². The van der Waals surface area contributed by atoms with Crippen molar-refractivity contribution < 1.29 is 13.2 Å². The highest BCUT2D eigenvalue weighted by molar-refractivity contribution is 7.92. The molecule has 1 aliphatic rings. The molecule has 0 spiro atoms. The zero-order valence-electron chi connectivity index (χ0n) is 15.6. The van der Waals surface area contributed by atoms with Gasteiger partial charge in [0.1, 0.15) is 5.78 Å². The molecule has 144 valence electrons. The summed E-state index contributed by atoms with van der Waals surface area (Å²) < 4.78 is 27.8. The summed E-state index contributed by atoms with van der Waals surface area (Å²) in [7, 11) is -3.60. The lowest BCUT2D eigenvalue weighted by molar-refractivity contribution is -0.119. The fourth-order valence-corrected chi connectivity index (χ4v) is 4.24. The van der Waals surface area contributed by atoms with E-state index in [9.17, 15) is 13.2 Å². The summed E-state index contributed by atoms with van der Waals surface area (Å²) in [5.41, 5.74) is 2.69. The molecule has 6 heteroatoms. The van der Waals surface area contributed by atoms with Crippen molar-refractivity contribution >= 4 is 27.2 Å². The van der Waals surface area contributed by atoms with Crippen molar-refractivity contribution in [3.05, 3.63) is 54.1 Å². The number of hydrogen-bond acceptors (Lipinski definition) is 4. The molecule has 0 amide bonds. The molecular formula is C21H26N2O3S. The lowest BCUT2D eigenvalue weighted by Crippen LogP contribution is -2.33. The highest BCUT2D eigenvalue weighted by Gasteiger charge is 2.17. The SMILES string of the molecule is CCCCc1ccc(S(=O)(=O)Nc2ccc(N3CCC(=O)CC3)cc2)cc1. The number of hydrogen-bond donors (Lipinski definition) is 1. The van der Waals surface area contributed by atoms with E-state index in [2.05, 4.69) is 16.5 Å². The van der Waals surface area contributed by atoms with Crippen LogP contribution in [-0.4, -0.2) is 27.3 Å². The van der Waals surface area contributed by atoms with Gasteiger partial charge in [0.15, 0.2) is 0 Å². The molecule has 0 bridgehead atoms. The molecule has 27 heavy (non-hydrogen) atoms. The van der Waals surface area contributed by atoms with Gasteiger partial charge >= 0.3 is 0 Å². The Morgan fingerprint density at radius 3 is 2.19 bits per heavy atom. The fourth-order valence-electron chi connectivity index (χ4n) is 3.18. The molecule has 1 N–H and O–H groups in total. The minimum absolute atomic E-state index is 0.265. The van der Waals surface area contributed by atoms with Crippen molar-refractivity contribution in [3.63, 3.8) is 0 Å². The quantitative estimate of drug-likeness (QED) is 0.781. The Kier molecular flexibility index (Phi) is 6.16. The van der Waals surface area contributed by atoms with Crippen LogP contribution < -0.4 is 9.62 Å². The Morgan fingerprint density at radius 1 is 0.963 bits per heavy atom. The minimum Gasteiger partial charge on any atom is -0.371 e. The highest BCUT2D eigenvalue weighted by Crippen LogP contribution is 2.23. The Balaban J connectivity index is 1.65. The normalized spacial score (nSPS) is 15.0. The molecule has 3 rings (SSSR count). The second-order valence-electron chi connectivity index (χ2n) is 6.93. The second kappa shape index (κ2) is 8.57. The van der Waals surface area contributed by atoms with Gasteiger partial charge in [-0.3, -0.25) is 9.52 Å². The summed E-state index contributed by atoms with van der Waals surface area (Å²) in [5.74, 6) is 0.302. The maximum absolute atomic E-state index is 12.6. The number of unbranched alkanes of at least 4 members (excludes halogenated alkanes) is 1. The first-order chi connectivity index (χ1) is 13.0. The number of carbonyl (C=O) groups is 1. The van der Waals surface area contributed by atoms with Gasteiger partial charge in [-0.2, -0.15) is 0 Å². The van der Waals surface area contributed by atoms with Crippen LogP contribution in [-0.2, 0) is 21.2 Å². The summed E-state index contributed by atoms with van der Waals surface area (Å²) in [4.78, 5) is 13.8. The third-order valence-electron chi connectivity index (χ3n) is 4.86. The van der Waals surface area contributed by atoms with Gasteiger partial charge in [-0.25, -0.2) is 8.42 Å². The summed E-state index contributed by atoms with van der Waals surface area (Å²) in [6.45, 7) is 3.57. The van der Waals surface area contributed by atoms with Crippen LogP contribution >= 0.6 is 0 Å². The van der Waals surface area contributed by atoms with Crippen molar-refractivity contribution in [2.24, 2.45) is 0 Å². The van der Waals surface area contributed by atoms with E-state index in [1.54, 1.807) is 24.3 Å². The van der Waals surface area contributed by atoms with Crippen LogP contribution in [0.15, 0.2) is 53.4 Å². The van der Waals surface area contributed by atoms with E-state index in [0.717, 1.165) is 30.5 Å². The van der Waals surface area contributed by atoms with Crippen LogP contribution in [0.2, 0.25) is 0 Å². The highest BCUT2D eigenvalue weighted by atomic mass is 32.2. The standard InChI is InChI=1S/C21H26N2O3S/c1-2-3-4-17-5-11-21(12-6-17)27(25,26)22-18-7-9-19(10-8-18)23-15-13-20(24)14-16-23/h5-12,22H,2-4,13-16H2,1H3. The van der Waals surface area contributed by atoms with Gasteiger partial charge in [-0.05, 0) is 54.8 Å². The number of ketones is 1. The van der Waals surface area contributed by atoms with Gasteiger partial charge in [0, 0.05) is 37.3 Å². The zero-order valence-corrected chi connectivity index (χ0v) is 16.5. The van der Waals surface area contributed by atoms with Gasteiger partial charge < -0.3 is 4.90 Å². The minimum atomic E-state index is -3.60. The lowest BCUT2D eigenvalue weighted by Gasteiger charge is -2.28. The molecular weight excluding hydrogens is 360 g/mol. The molecule has 0 aromatic heterocycles. The van der Waals surface area contributed by atoms with E-state index in [0.29, 0.717) is 37.4 Å².